The van der Waals surface area contributed by atoms with Gasteiger partial charge in [-0.05, 0) is 32.4 Å². The van der Waals surface area contributed by atoms with Gasteiger partial charge in [-0.15, -0.1) is 11.3 Å². The zero-order valence-corrected chi connectivity index (χ0v) is 13.8. The molecule has 0 aliphatic rings. The molecule has 0 bridgehead atoms. The SMILES string of the molecule is COC(C)OCOC(C)c1sc(S(N)(=O)=S)cc1C. The normalized spacial score (nSPS) is 17.9. The van der Waals surface area contributed by atoms with E-state index in [-0.39, 0.29) is 19.2 Å². The van der Waals surface area contributed by atoms with E-state index in [0.717, 1.165) is 10.4 Å². The topological polar surface area (TPSA) is 70.8 Å². The summed E-state index contributed by atoms with van der Waals surface area (Å²) >= 11 is 6.10. The summed E-state index contributed by atoms with van der Waals surface area (Å²) in [5.41, 5.74) is 0.968. The predicted molar refractivity (Wildman–Crippen MR) is 78.9 cm³/mol. The van der Waals surface area contributed by atoms with Crippen molar-refractivity contribution in [1.29, 1.82) is 0 Å². The Morgan fingerprint density at radius 1 is 1.47 bits per heavy atom. The van der Waals surface area contributed by atoms with Crippen LogP contribution in [0.25, 0.3) is 0 Å². The number of thiophene rings is 1. The molecular formula is C11H19NO4S3. The van der Waals surface area contributed by atoms with Crippen LogP contribution in [0, 0.1) is 6.92 Å². The minimum absolute atomic E-state index is 0.120. The average molecular weight is 325 g/mol. The molecule has 0 saturated heterocycles. The molecule has 8 heteroatoms. The number of hydrogen-bond donors (Lipinski definition) is 1. The Bertz CT molecular complexity index is 512. The van der Waals surface area contributed by atoms with Crippen LogP contribution in [0.5, 0.6) is 0 Å². The number of rotatable bonds is 7. The number of nitrogens with two attached hydrogens (primary N) is 1. The van der Waals surface area contributed by atoms with Crippen LogP contribution in [0.3, 0.4) is 0 Å². The highest BCUT2D eigenvalue weighted by molar-refractivity contribution is 8.32. The Morgan fingerprint density at radius 3 is 2.58 bits per heavy atom. The molecule has 0 spiro atoms. The molecule has 0 saturated carbocycles. The third-order valence-electron chi connectivity index (χ3n) is 2.54. The Kier molecular flexibility index (Phi) is 6.31. The third-order valence-corrected chi connectivity index (χ3v) is 6.26. The van der Waals surface area contributed by atoms with E-state index in [0.29, 0.717) is 4.21 Å². The maximum atomic E-state index is 11.6. The molecule has 3 atom stereocenters. The molecule has 1 heterocycles. The number of aryl methyl sites for hydroxylation is 1. The van der Waals surface area contributed by atoms with E-state index in [2.05, 4.69) is 0 Å². The highest BCUT2D eigenvalue weighted by Crippen LogP contribution is 2.32. The lowest BCUT2D eigenvalue weighted by molar-refractivity contribution is -0.186. The quantitative estimate of drug-likeness (QED) is 0.777. The first-order valence-electron chi connectivity index (χ1n) is 5.64. The standard InChI is InChI=1S/C11H19NO4S3/c1-7-5-10(19(12,13)17)18-11(7)8(2)15-6-16-9(3)14-4/h5,8-9H,6H2,1-4H3,(H2,12,13,17). The van der Waals surface area contributed by atoms with Crippen LogP contribution >= 0.6 is 11.3 Å². The van der Waals surface area contributed by atoms with Crippen molar-refractivity contribution in [3.8, 4) is 0 Å². The highest BCUT2D eigenvalue weighted by atomic mass is 32.8. The molecule has 1 aromatic rings. The van der Waals surface area contributed by atoms with E-state index in [9.17, 15) is 4.21 Å². The molecule has 0 fully saturated rings. The van der Waals surface area contributed by atoms with Gasteiger partial charge in [0.1, 0.15) is 12.9 Å². The minimum Gasteiger partial charge on any atom is -0.356 e. The van der Waals surface area contributed by atoms with Gasteiger partial charge in [-0.2, -0.15) is 0 Å². The monoisotopic (exact) mass is 325 g/mol. The van der Waals surface area contributed by atoms with Crippen LogP contribution in [0.1, 0.15) is 30.4 Å². The molecule has 1 rings (SSSR count). The van der Waals surface area contributed by atoms with Crippen molar-refractivity contribution in [2.45, 2.75) is 37.4 Å². The molecule has 1 aromatic heterocycles. The molecule has 0 aliphatic carbocycles. The van der Waals surface area contributed by atoms with Gasteiger partial charge in [-0.1, -0.05) is 0 Å². The van der Waals surface area contributed by atoms with Crippen molar-refractivity contribution in [3.63, 3.8) is 0 Å². The summed E-state index contributed by atoms with van der Waals surface area (Å²) in [6.45, 7) is 5.71. The summed E-state index contributed by atoms with van der Waals surface area (Å²) in [7, 11) is -1.27. The molecule has 0 aromatic carbocycles. The predicted octanol–water partition coefficient (Wildman–Crippen LogP) is 2.08. The lowest BCUT2D eigenvalue weighted by Gasteiger charge is -2.15. The first-order chi connectivity index (χ1) is 8.75. The van der Waals surface area contributed by atoms with Gasteiger partial charge in [-0.3, -0.25) is 0 Å². The first kappa shape index (κ1) is 17.0. The summed E-state index contributed by atoms with van der Waals surface area (Å²) in [6.07, 6.45) is -0.498. The van der Waals surface area contributed by atoms with Crippen LogP contribution in [0.15, 0.2) is 10.3 Å². The summed E-state index contributed by atoms with van der Waals surface area (Å²) in [6, 6.07) is 1.76. The van der Waals surface area contributed by atoms with E-state index in [1.165, 1.54) is 11.3 Å². The van der Waals surface area contributed by atoms with Gasteiger partial charge in [0.05, 0.1) is 6.10 Å². The number of ether oxygens (including phenoxy) is 3. The largest absolute Gasteiger partial charge is 0.356 e. The van der Waals surface area contributed by atoms with Crippen molar-refractivity contribution < 1.29 is 18.4 Å². The van der Waals surface area contributed by atoms with Crippen molar-refractivity contribution in [2.24, 2.45) is 5.14 Å². The molecule has 0 radical (unpaired) electrons. The number of hydrogen-bond acceptors (Lipinski definition) is 6. The minimum atomic E-state index is -2.83. The Labute approximate surface area is 122 Å². The van der Waals surface area contributed by atoms with E-state index >= 15 is 0 Å². The fourth-order valence-corrected chi connectivity index (χ4v) is 3.82. The molecule has 19 heavy (non-hydrogen) atoms. The van der Waals surface area contributed by atoms with Crippen molar-refractivity contribution >= 4 is 31.2 Å². The van der Waals surface area contributed by atoms with Gasteiger partial charge in [0.15, 0.2) is 13.1 Å². The summed E-state index contributed by atoms with van der Waals surface area (Å²) < 4.78 is 27.9. The van der Waals surface area contributed by atoms with Crippen molar-refractivity contribution in [1.82, 2.24) is 0 Å². The second kappa shape index (κ2) is 7.07. The van der Waals surface area contributed by atoms with Crippen molar-refractivity contribution in [2.75, 3.05) is 13.9 Å². The maximum Gasteiger partial charge on any atom is 0.157 e. The van der Waals surface area contributed by atoms with Crippen LogP contribution in [-0.2, 0) is 34.1 Å². The van der Waals surface area contributed by atoms with E-state index < -0.39 is 8.68 Å². The van der Waals surface area contributed by atoms with Gasteiger partial charge in [0.25, 0.3) is 0 Å². The molecule has 3 unspecified atom stereocenters. The van der Waals surface area contributed by atoms with Gasteiger partial charge >= 0.3 is 0 Å². The van der Waals surface area contributed by atoms with Crippen LogP contribution < -0.4 is 5.14 Å². The zero-order valence-electron chi connectivity index (χ0n) is 11.4. The molecule has 0 aliphatic heterocycles. The average Bonchev–Trinajstić information content (AvgIpc) is 2.70. The van der Waals surface area contributed by atoms with E-state index in [1.807, 2.05) is 13.8 Å². The first-order valence-corrected chi connectivity index (χ1v) is 9.01. The van der Waals surface area contributed by atoms with Gasteiger partial charge in [0, 0.05) is 23.2 Å². The van der Waals surface area contributed by atoms with Crippen LogP contribution in [0.2, 0.25) is 0 Å². The van der Waals surface area contributed by atoms with Gasteiger partial charge < -0.3 is 14.2 Å². The Balaban J connectivity index is 2.67. The summed E-state index contributed by atoms with van der Waals surface area (Å²) in [5.74, 6) is 0. The lowest BCUT2D eigenvalue weighted by Crippen LogP contribution is -2.14. The van der Waals surface area contributed by atoms with Gasteiger partial charge in [-0.25, -0.2) is 9.35 Å². The highest BCUT2D eigenvalue weighted by Gasteiger charge is 2.17. The molecule has 0 amide bonds. The van der Waals surface area contributed by atoms with Crippen LogP contribution in [0.4, 0.5) is 0 Å². The molecule has 2 N–H and O–H groups in total. The second-order valence-corrected chi connectivity index (χ2v) is 8.41. The Morgan fingerprint density at radius 2 is 2.11 bits per heavy atom. The third kappa shape index (κ3) is 5.07. The van der Waals surface area contributed by atoms with Gasteiger partial charge in [0.2, 0.25) is 0 Å². The lowest BCUT2D eigenvalue weighted by atomic mass is 10.2. The van der Waals surface area contributed by atoms with E-state index in [4.69, 9.17) is 30.5 Å². The molecule has 5 nitrogen and oxygen atoms in total. The Hall–Kier alpha value is -0.0900. The van der Waals surface area contributed by atoms with Crippen molar-refractivity contribution in [3.05, 3.63) is 16.5 Å². The smallest absolute Gasteiger partial charge is 0.157 e. The fourth-order valence-electron chi connectivity index (χ4n) is 1.39. The summed E-state index contributed by atoms with van der Waals surface area (Å²) in [5, 5.41) is 5.47. The maximum absolute atomic E-state index is 11.6. The zero-order chi connectivity index (χ0) is 14.6. The summed E-state index contributed by atoms with van der Waals surface area (Å²) in [4.78, 5) is 0.951. The van der Waals surface area contributed by atoms with E-state index in [1.54, 1.807) is 20.1 Å². The molecular weight excluding hydrogens is 306 g/mol. The number of methoxy groups -OCH3 is 1. The molecule has 110 valence electrons. The van der Waals surface area contributed by atoms with Crippen LogP contribution in [-0.4, -0.2) is 24.4 Å². The fraction of sp³-hybridized carbons (Fsp3) is 0.636. The second-order valence-electron chi connectivity index (χ2n) is 4.05.